The Morgan fingerprint density at radius 3 is 2.41 bits per heavy atom. The molecule has 2 heterocycles. The molecular formula is C24H15ClO7. The molecule has 0 bridgehead atoms. The number of rotatable bonds is 2. The van der Waals surface area contributed by atoms with Crippen molar-refractivity contribution < 1.29 is 29.3 Å². The lowest BCUT2D eigenvalue weighted by atomic mass is 9.84. The fraction of sp³-hybridized carbons (Fsp3) is 0.0833. The number of carbonyl (C=O) groups is 1. The first-order chi connectivity index (χ1) is 15.3. The predicted octanol–water partition coefficient (Wildman–Crippen LogP) is 4.67. The number of benzene rings is 3. The largest absolute Gasteiger partial charge is 0.506 e. The predicted molar refractivity (Wildman–Crippen MR) is 116 cm³/mol. The number of hydrogen-bond acceptors (Lipinski definition) is 7. The van der Waals surface area contributed by atoms with E-state index in [0.717, 1.165) is 0 Å². The average molecular weight is 451 g/mol. The lowest BCUT2D eigenvalue weighted by Gasteiger charge is -2.27. The molecule has 1 atom stereocenters. The van der Waals surface area contributed by atoms with Crippen LogP contribution in [0.15, 0.2) is 63.8 Å². The Bertz CT molecular complexity index is 1460. The van der Waals surface area contributed by atoms with Crippen molar-refractivity contribution in [3.05, 3.63) is 81.0 Å². The maximum Gasteiger partial charge on any atom is 0.312 e. The van der Waals surface area contributed by atoms with Crippen molar-refractivity contribution in [1.29, 1.82) is 0 Å². The van der Waals surface area contributed by atoms with Gasteiger partial charge in [0.1, 0.15) is 22.5 Å². The van der Waals surface area contributed by atoms with E-state index in [1.165, 1.54) is 18.2 Å². The van der Waals surface area contributed by atoms with Crippen LogP contribution >= 0.6 is 11.6 Å². The standard InChI is InChI=1S/C24H15ClO7/c25-14-8-12(6-7-15(14)26)13-9-18(28)32-24-19(13)23-20(21(29)22(24)30)16(27)10-17(31-23)11-4-2-1-3-5-11/h1-8,10,13,26,29-30H,9H2/t13-/m1/s1. The molecule has 160 valence electrons. The second-order valence-electron chi connectivity index (χ2n) is 7.43. The van der Waals surface area contributed by atoms with Crippen LogP contribution in [0.3, 0.4) is 0 Å². The Morgan fingerprint density at radius 1 is 0.938 bits per heavy atom. The first kappa shape index (κ1) is 20.0. The summed E-state index contributed by atoms with van der Waals surface area (Å²) >= 11 is 6.07. The van der Waals surface area contributed by atoms with E-state index in [9.17, 15) is 24.9 Å². The number of halogens is 1. The first-order valence-electron chi connectivity index (χ1n) is 9.65. The Balaban J connectivity index is 1.87. The fourth-order valence-electron chi connectivity index (χ4n) is 3.98. The maximum absolute atomic E-state index is 12.9. The second-order valence-corrected chi connectivity index (χ2v) is 7.83. The summed E-state index contributed by atoms with van der Waals surface area (Å²) < 4.78 is 11.3. The number of fused-ring (bicyclic) bond motifs is 3. The normalized spacial score (nSPS) is 15.4. The van der Waals surface area contributed by atoms with Crippen LogP contribution in [0, 0.1) is 0 Å². The lowest BCUT2D eigenvalue weighted by molar-refractivity contribution is -0.135. The Kier molecular flexibility index (Phi) is 4.56. The number of aromatic hydroxyl groups is 3. The van der Waals surface area contributed by atoms with Crippen LogP contribution in [0.2, 0.25) is 5.02 Å². The van der Waals surface area contributed by atoms with Crippen LogP contribution in [0.1, 0.15) is 23.5 Å². The van der Waals surface area contributed by atoms with E-state index in [-0.39, 0.29) is 45.2 Å². The van der Waals surface area contributed by atoms with Crippen molar-refractivity contribution in [2.75, 3.05) is 0 Å². The third-order valence-corrected chi connectivity index (χ3v) is 5.78. The van der Waals surface area contributed by atoms with Gasteiger partial charge in [0.05, 0.1) is 17.0 Å². The zero-order valence-electron chi connectivity index (χ0n) is 16.3. The summed E-state index contributed by atoms with van der Waals surface area (Å²) in [7, 11) is 0. The minimum atomic E-state index is -0.732. The highest BCUT2D eigenvalue weighted by Crippen LogP contribution is 2.52. The van der Waals surface area contributed by atoms with E-state index < -0.39 is 28.8 Å². The van der Waals surface area contributed by atoms with Gasteiger partial charge in [0.25, 0.3) is 0 Å². The molecule has 7 nitrogen and oxygen atoms in total. The smallest absolute Gasteiger partial charge is 0.312 e. The molecule has 1 aliphatic heterocycles. The SMILES string of the molecule is O=C1C[C@H](c2ccc(O)c(Cl)c2)c2c(c(O)c(O)c3c(=O)cc(-c4ccccc4)oc23)O1. The molecule has 0 fully saturated rings. The number of hydrogen-bond donors (Lipinski definition) is 3. The third-order valence-electron chi connectivity index (χ3n) is 5.48. The summed E-state index contributed by atoms with van der Waals surface area (Å²) in [5.41, 5.74) is 0.810. The number of carbonyl (C=O) groups excluding carboxylic acids is 1. The van der Waals surface area contributed by atoms with Crippen molar-refractivity contribution in [2.45, 2.75) is 12.3 Å². The van der Waals surface area contributed by atoms with Crippen LogP contribution in [-0.2, 0) is 4.79 Å². The van der Waals surface area contributed by atoms with E-state index in [1.807, 2.05) is 6.07 Å². The van der Waals surface area contributed by atoms with Crippen molar-refractivity contribution in [3.8, 4) is 34.3 Å². The van der Waals surface area contributed by atoms with E-state index in [2.05, 4.69) is 0 Å². The minimum absolute atomic E-state index is 0.0108. The number of phenolic OH excluding ortho intramolecular Hbond substituents is 3. The molecule has 4 aromatic rings. The molecule has 0 radical (unpaired) electrons. The topological polar surface area (TPSA) is 117 Å². The highest BCUT2D eigenvalue weighted by molar-refractivity contribution is 6.32. The molecule has 0 unspecified atom stereocenters. The van der Waals surface area contributed by atoms with E-state index in [1.54, 1.807) is 30.3 Å². The quantitative estimate of drug-likeness (QED) is 0.231. The Hall–Kier alpha value is -3.97. The molecule has 1 aromatic heterocycles. The average Bonchev–Trinajstić information content (AvgIpc) is 2.79. The van der Waals surface area contributed by atoms with Gasteiger partial charge in [-0.1, -0.05) is 48.0 Å². The van der Waals surface area contributed by atoms with Gasteiger partial charge < -0.3 is 24.5 Å². The van der Waals surface area contributed by atoms with Crippen molar-refractivity contribution >= 4 is 28.5 Å². The minimum Gasteiger partial charge on any atom is -0.506 e. The Labute approximate surface area is 185 Å². The van der Waals surface area contributed by atoms with Crippen LogP contribution in [-0.4, -0.2) is 21.3 Å². The number of esters is 1. The van der Waals surface area contributed by atoms with Crippen molar-refractivity contribution in [2.24, 2.45) is 0 Å². The molecule has 32 heavy (non-hydrogen) atoms. The van der Waals surface area contributed by atoms with Gasteiger partial charge in [-0.05, 0) is 17.7 Å². The molecule has 0 spiro atoms. The molecular weight excluding hydrogens is 436 g/mol. The van der Waals surface area contributed by atoms with Gasteiger partial charge in [0.2, 0.25) is 5.75 Å². The summed E-state index contributed by atoms with van der Waals surface area (Å²) in [5.74, 6) is -3.00. The number of phenols is 3. The summed E-state index contributed by atoms with van der Waals surface area (Å²) in [6.07, 6.45) is -0.132. The highest BCUT2D eigenvalue weighted by atomic mass is 35.5. The number of ether oxygens (including phenoxy) is 1. The van der Waals surface area contributed by atoms with Crippen LogP contribution < -0.4 is 10.2 Å². The van der Waals surface area contributed by atoms with Gasteiger partial charge in [-0.3, -0.25) is 9.59 Å². The van der Waals surface area contributed by atoms with Gasteiger partial charge in [0.15, 0.2) is 16.9 Å². The maximum atomic E-state index is 12.9. The zero-order valence-corrected chi connectivity index (χ0v) is 17.1. The molecule has 0 saturated carbocycles. The molecule has 0 amide bonds. The van der Waals surface area contributed by atoms with Gasteiger partial charge in [-0.2, -0.15) is 0 Å². The zero-order chi connectivity index (χ0) is 22.6. The molecule has 3 aromatic carbocycles. The van der Waals surface area contributed by atoms with Crippen LogP contribution in [0.4, 0.5) is 0 Å². The van der Waals surface area contributed by atoms with E-state index >= 15 is 0 Å². The van der Waals surface area contributed by atoms with Crippen LogP contribution in [0.25, 0.3) is 22.3 Å². The first-order valence-corrected chi connectivity index (χ1v) is 10.0. The molecule has 0 saturated heterocycles. The second kappa shape index (κ2) is 7.32. The van der Waals surface area contributed by atoms with Crippen molar-refractivity contribution in [1.82, 2.24) is 0 Å². The third kappa shape index (κ3) is 3.06. The van der Waals surface area contributed by atoms with Gasteiger partial charge in [-0.15, -0.1) is 0 Å². The molecule has 1 aliphatic rings. The molecule has 5 rings (SSSR count). The summed E-state index contributed by atoms with van der Waals surface area (Å²) in [6.45, 7) is 0. The van der Waals surface area contributed by atoms with E-state index in [0.29, 0.717) is 11.1 Å². The Morgan fingerprint density at radius 2 is 1.69 bits per heavy atom. The van der Waals surface area contributed by atoms with E-state index in [4.69, 9.17) is 20.8 Å². The van der Waals surface area contributed by atoms with Gasteiger partial charge in [0, 0.05) is 17.5 Å². The molecule has 0 aliphatic carbocycles. The van der Waals surface area contributed by atoms with Gasteiger partial charge >= 0.3 is 5.97 Å². The fourth-order valence-corrected chi connectivity index (χ4v) is 4.17. The monoisotopic (exact) mass is 450 g/mol. The van der Waals surface area contributed by atoms with Crippen molar-refractivity contribution in [3.63, 3.8) is 0 Å². The lowest BCUT2D eigenvalue weighted by Crippen LogP contribution is -2.22. The van der Waals surface area contributed by atoms with Crippen LogP contribution in [0.5, 0.6) is 23.0 Å². The molecule has 8 heteroatoms. The highest BCUT2D eigenvalue weighted by Gasteiger charge is 2.37. The van der Waals surface area contributed by atoms with Gasteiger partial charge in [-0.25, -0.2) is 0 Å². The molecule has 3 N–H and O–H groups in total. The summed E-state index contributed by atoms with van der Waals surface area (Å²) in [6, 6.07) is 14.6. The summed E-state index contributed by atoms with van der Waals surface area (Å²) in [4.78, 5) is 25.3. The summed E-state index contributed by atoms with van der Waals surface area (Å²) in [5, 5.41) is 30.7.